The van der Waals surface area contributed by atoms with Crippen LogP contribution < -0.4 is 15.1 Å². The summed E-state index contributed by atoms with van der Waals surface area (Å²) in [6.45, 7) is 0. The Kier molecular flexibility index (Phi) is 7.04. The summed E-state index contributed by atoms with van der Waals surface area (Å²) in [6.07, 6.45) is 2.18. The molecule has 6 nitrogen and oxygen atoms in total. The summed E-state index contributed by atoms with van der Waals surface area (Å²) in [5, 5.41) is 2.54. The van der Waals surface area contributed by atoms with E-state index in [1.54, 1.807) is 26.0 Å². The topological polar surface area (TPSA) is 69.7 Å². The number of carbonyl (C=O) groups excluding carboxylic acids is 3. The monoisotopic (exact) mass is 369 g/mol. The standard InChI is InChI=1S/C15H20BrN3O3/c1-17-14(22)8-7-11(9-20)19(3)13-6-4-5-12(16)15(13)18(2)10-21/h4-6,9-11H,7-8H2,1-3H3,(H,17,22). The van der Waals surface area contributed by atoms with E-state index in [4.69, 9.17) is 0 Å². The van der Waals surface area contributed by atoms with Gasteiger partial charge in [0.2, 0.25) is 12.3 Å². The van der Waals surface area contributed by atoms with Gasteiger partial charge in [0.25, 0.3) is 0 Å². The van der Waals surface area contributed by atoms with Crippen LogP contribution in [0, 0.1) is 0 Å². The maximum atomic E-state index is 11.4. The molecule has 1 atom stereocenters. The maximum Gasteiger partial charge on any atom is 0.219 e. The molecule has 120 valence electrons. The highest BCUT2D eigenvalue weighted by Crippen LogP contribution is 2.35. The van der Waals surface area contributed by atoms with Gasteiger partial charge in [0.1, 0.15) is 6.29 Å². The Morgan fingerprint density at radius 1 is 1.36 bits per heavy atom. The van der Waals surface area contributed by atoms with E-state index < -0.39 is 6.04 Å². The van der Waals surface area contributed by atoms with Crippen LogP contribution in [0.1, 0.15) is 12.8 Å². The predicted octanol–water partition coefficient (Wildman–Crippen LogP) is 1.57. The molecular formula is C15H20BrN3O3. The van der Waals surface area contributed by atoms with Gasteiger partial charge >= 0.3 is 0 Å². The quantitative estimate of drug-likeness (QED) is 0.706. The second-order valence-electron chi connectivity index (χ2n) is 4.85. The number of carbonyl (C=O) groups is 3. The lowest BCUT2D eigenvalue weighted by Crippen LogP contribution is -2.35. The van der Waals surface area contributed by atoms with Crippen LogP contribution in [0.25, 0.3) is 0 Å². The van der Waals surface area contributed by atoms with Crippen molar-refractivity contribution in [2.45, 2.75) is 18.9 Å². The van der Waals surface area contributed by atoms with E-state index in [2.05, 4.69) is 21.2 Å². The van der Waals surface area contributed by atoms with Gasteiger partial charge < -0.3 is 19.9 Å². The summed E-state index contributed by atoms with van der Waals surface area (Å²) < 4.78 is 0.752. The van der Waals surface area contributed by atoms with Crippen molar-refractivity contribution < 1.29 is 14.4 Å². The molecule has 7 heteroatoms. The van der Waals surface area contributed by atoms with Gasteiger partial charge in [-0.3, -0.25) is 9.59 Å². The minimum absolute atomic E-state index is 0.111. The molecule has 2 amide bonds. The number of rotatable bonds is 8. The fourth-order valence-electron chi connectivity index (χ4n) is 2.13. The number of likely N-dealkylation sites (N-methyl/N-ethyl adjacent to an activating group) is 1. The fourth-order valence-corrected chi connectivity index (χ4v) is 2.76. The SMILES string of the molecule is CNC(=O)CCC(C=O)N(C)c1cccc(Br)c1N(C)C=O. The Balaban J connectivity index is 3.06. The first-order valence-corrected chi connectivity index (χ1v) is 7.60. The van der Waals surface area contributed by atoms with Gasteiger partial charge in [-0.15, -0.1) is 0 Å². The molecule has 0 saturated heterocycles. The van der Waals surface area contributed by atoms with E-state index >= 15 is 0 Å². The summed E-state index contributed by atoms with van der Waals surface area (Å²) in [4.78, 5) is 37.1. The lowest BCUT2D eigenvalue weighted by molar-refractivity contribution is -0.120. The van der Waals surface area contributed by atoms with Gasteiger partial charge in [-0.05, 0) is 34.5 Å². The van der Waals surface area contributed by atoms with Crippen LogP contribution in [-0.2, 0) is 14.4 Å². The molecule has 1 unspecified atom stereocenters. The van der Waals surface area contributed by atoms with Crippen LogP contribution in [0.15, 0.2) is 22.7 Å². The van der Waals surface area contributed by atoms with Gasteiger partial charge in [0.15, 0.2) is 0 Å². The molecule has 0 saturated carbocycles. The number of nitrogens with one attached hydrogen (secondary N) is 1. The Morgan fingerprint density at radius 2 is 2.05 bits per heavy atom. The smallest absolute Gasteiger partial charge is 0.219 e. The van der Waals surface area contributed by atoms with Gasteiger partial charge in [-0.25, -0.2) is 0 Å². The molecule has 0 bridgehead atoms. The molecule has 0 aliphatic heterocycles. The van der Waals surface area contributed by atoms with Crippen LogP contribution in [-0.4, -0.2) is 45.8 Å². The number of nitrogens with zero attached hydrogens (tertiary/aromatic N) is 2. The van der Waals surface area contributed by atoms with Crippen molar-refractivity contribution in [2.75, 3.05) is 30.9 Å². The van der Waals surface area contributed by atoms with Crippen LogP contribution in [0.2, 0.25) is 0 Å². The minimum Gasteiger partial charge on any atom is -0.363 e. The molecule has 1 aromatic carbocycles. The van der Waals surface area contributed by atoms with E-state index in [1.165, 1.54) is 4.90 Å². The number of halogens is 1. The summed E-state index contributed by atoms with van der Waals surface area (Å²) in [5.74, 6) is -0.111. The molecule has 0 aliphatic carbocycles. The zero-order valence-electron chi connectivity index (χ0n) is 12.9. The Hall–Kier alpha value is -1.89. The van der Waals surface area contributed by atoms with Crippen molar-refractivity contribution in [1.82, 2.24) is 5.32 Å². The highest BCUT2D eigenvalue weighted by atomic mass is 79.9. The average molecular weight is 370 g/mol. The van der Waals surface area contributed by atoms with E-state index in [-0.39, 0.29) is 12.3 Å². The Labute approximate surface area is 138 Å². The largest absolute Gasteiger partial charge is 0.363 e. The highest BCUT2D eigenvalue weighted by molar-refractivity contribution is 9.10. The third kappa shape index (κ3) is 4.30. The number of hydrogen-bond acceptors (Lipinski definition) is 4. The van der Waals surface area contributed by atoms with E-state index in [9.17, 15) is 14.4 Å². The van der Waals surface area contributed by atoms with Crippen LogP contribution >= 0.6 is 15.9 Å². The number of benzene rings is 1. The highest BCUT2D eigenvalue weighted by Gasteiger charge is 2.21. The van der Waals surface area contributed by atoms with Gasteiger partial charge in [-0.2, -0.15) is 0 Å². The number of aldehydes is 1. The van der Waals surface area contributed by atoms with Crippen LogP contribution in [0.3, 0.4) is 0 Å². The number of anilines is 2. The molecule has 1 rings (SSSR count). The first-order valence-electron chi connectivity index (χ1n) is 6.81. The lowest BCUT2D eigenvalue weighted by atomic mass is 10.1. The molecule has 0 spiro atoms. The third-order valence-corrected chi connectivity index (χ3v) is 4.10. The number of para-hydroxylation sites is 1. The van der Waals surface area contributed by atoms with Crippen LogP contribution in [0.5, 0.6) is 0 Å². The maximum absolute atomic E-state index is 11.4. The van der Waals surface area contributed by atoms with Crippen molar-refractivity contribution >= 4 is 45.9 Å². The van der Waals surface area contributed by atoms with Crippen LogP contribution in [0.4, 0.5) is 11.4 Å². The normalized spacial score (nSPS) is 11.5. The summed E-state index contributed by atoms with van der Waals surface area (Å²) in [5.41, 5.74) is 1.41. The first kappa shape index (κ1) is 18.2. The summed E-state index contributed by atoms with van der Waals surface area (Å²) in [7, 11) is 4.98. The van der Waals surface area contributed by atoms with E-state index in [0.29, 0.717) is 18.5 Å². The average Bonchev–Trinajstić information content (AvgIpc) is 2.53. The van der Waals surface area contributed by atoms with Crippen molar-refractivity contribution in [3.8, 4) is 0 Å². The fraction of sp³-hybridized carbons (Fsp3) is 0.400. The number of hydrogen-bond donors (Lipinski definition) is 1. The lowest BCUT2D eigenvalue weighted by Gasteiger charge is -2.30. The van der Waals surface area contributed by atoms with Gasteiger partial charge in [0, 0.05) is 32.0 Å². The zero-order valence-corrected chi connectivity index (χ0v) is 14.5. The van der Waals surface area contributed by atoms with Crippen molar-refractivity contribution in [3.05, 3.63) is 22.7 Å². The molecular weight excluding hydrogens is 350 g/mol. The molecule has 0 aliphatic rings. The van der Waals surface area contributed by atoms with Gasteiger partial charge in [-0.1, -0.05) is 6.07 Å². The van der Waals surface area contributed by atoms with Crippen molar-refractivity contribution in [2.24, 2.45) is 0 Å². The Bertz CT molecular complexity index is 551. The first-order chi connectivity index (χ1) is 10.5. The third-order valence-electron chi connectivity index (χ3n) is 3.46. The minimum atomic E-state index is -0.453. The molecule has 0 fully saturated rings. The Morgan fingerprint density at radius 3 is 2.59 bits per heavy atom. The summed E-state index contributed by atoms with van der Waals surface area (Å²) in [6, 6.07) is 5.04. The van der Waals surface area contributed by atoms with Crippen molar-refractivity contribution in [3.63, 3.8) is 0 Å². The van der Waals surface area contributed by atoms with Gasteiger partial charge in [0.05, 0.1) is 17.4 Å². The second kappa shape index (κ2) is 8.53. The second-order valence-corrected chi connectivity index (χ2v) is 5.70. The number of amides is 2. The molecule has 0 heterocycles. The molecule has 22 heavy (non-hydrogen) atoms. The predicted molar refractivity (Wildman–Crippen MR) is 90.2 cm³/mol. The van der Waals surface area contributed by atoms with E-state index in [0.717, 1.165) is 16.4 Å². The molecule has 0 radical (unpaired) electrons. The summed E-state index contributed by atoms with van der Waals surface area (Å²) >= 11 is 3.42. The van der Waals surface area contributed by atoms with E-state index in [1.807, 2.05) is 18.2 Å². The molecule has 0 aromatic heterocycles. The molecule has 1 aromatic rings. The van der Waals surface area contributed by atoms with Crippen molar-refractivity contribution in [1.29, 1.82) is 0 Å². The molecule has 1 N–H and O–H groups in total. The zero-order chi connectivity index (χ0) is 16.7.